The second-order valence-corrected chi connectivity index (χ2v) is 11.5. The predicted molar refractivity (Wildman–Crippen MR) is 107 cm³/mol. The first kappa shape index (κ1) is 18.3. The minimum Gasteiger partial charge on any atom is -0.459 e. The summed E-state index contributed by atoms with van der Waals surface area (Å²) in [4.78, 5) is 14.4. The molecule has 4 unspecified atom stereocenters. The highest BCUT2D eigenvalue weighted by atomic mass is 79.9. The summed E-state index contributed by atoms with van der Waals surface area (Å²) in [6, 6.07) is 7.97. The molecule has 0 radical (unpaired) electrons. The molecule has 144 valence electrons. The average Bonchev–Trinajstić information content (AvgIpc) is 2.93. The number of hydrogen-bond acceptors (Lipinski definition) is 6. The van der Waals surface area contributed by atoms with Crippen molar-refractivity contribution in [2.45, 2.75) is 48.8 Å². The summed E-state index contributed by atoms with van der Waals surface area (Å²) >= 11 is 6.14. The fourth-order valence-electron chi connectivity index (χ4n) is 4.85. The third-order valence-corrected chi connectivity index (χ3v) is 9.13. The van der Waals surface area contributed by atoms with Gasteiger partial charge in [-0.1, -0.05) is 6.07 Å². The Hall–Kier alpha value is -0.770. The van der Waals surface area contributed by atoms with Crippen LogP contribution in [0.2, 0.25) is 0 Å². The molecule has 3 fully saturated rings. The van der Waals surface area contributed by atoms with Gasteiger partial charge in [0.1, 0.15) is 30.4 Å². The standard InChI is InChI=1S/C19H21BrNO4S2/c1-21(2)11-8-10(9-12(21)17-16(11)25-17)24-18(22)19(23,13-4-3-7-26-13)14-5-6-15(20)27-14/h3-7,10-12,16-17,23H,8-9H2,1-2H3/q+1/t10?,11?,12?,16-,17+,19?. The first-order valence-electron chi connectivity index (χ1n) is 9.04. The highest BCUT2D eigenvalue weighted by molar-refractivity contribution is 9.11. The van der Waals surface area contributed by atoms with Gasteiger partial charge in [-0.05, 0) is 39.5 Å². The summed E-state index contributed by atoms with van der Waals surface area (Å²) in [6.45, 7) is 0. The average molecular weight is 471 g/mol. The van der Waals surface area contributed by atoms with E-state index in [1.54, 1.807) is 12.1 Å². The topological polar surface area (TPSA) is 59.1 Å². The number of ether oxygens (including phenoxy) is 2. The number of hydrogen-bond donors (Lipinski definition) is 1. The molecule has 2 aromatic rings. The summed E-state index contributed by atoms with van der Waals surface area (Å²) in [7, 11) is 4.49. The van der Waals surface area contributed by atoms with Gasteiger partial charge in [0.25, 0.3) is 0 Å². The second-order valence-electron chi connectivity index (χ2n) is 8.12. The lowest BCUT2D eigenvalue weighted by Gasteiger charge is -2.45. The smallest absolute Gasteiger partial charge is 0.349 e. The number of carbonyl (C=O) groups is 1. The summed E-state index contributed by atoms with van der Waals surface area (Å²) in [5.74, 6) is -0.578. The lowest BCUT2D eigenvalue weighted by molar-refractivity contribution is -0.938. The van der Waals surface area contributed by atoms with Crippen molar-refractivity contribution in [2.24, 2.45) is 0 Å². The number of carbonyl (C=O) groups excluding carboxylic acids is 1. The van der Waals surface area contributed by atoms with Crippen molar-refractivity contribution in [3.8, 4) is 0 Å². The number of nitrogens with zero attached hydrogens (tertiary/aromatic N) is 1. The molecule has 27 heavy (non-hydrogen) atoms. The molecule has 0 aromatic carbocycles. The van der Waals surface area contributed by atoms with Gasteiger partial charge in [-0.25, -0.2) is 4.79 Å². The zero-order valence-corrected chi connectivity index (χ0v) is 18.2. The van der Waals surface area contributed by atoms with Crippen molar-refractivity contribution in [3.63, 3.8) is 0 Å². The van der Waals surface area contributed by atoms with Gasteiger partial charge in [-0.2, -0.15) is 0 Å². The van der Waals surface area contributed by atoms with E-state index in [1.807, 2.05) is 17.5 Å². The van der Waals surface area contributed by atoms with Crippen LogP contribution in [0.1, 0.15) is 22.6 Å². The molecule has 0 amide bonds. The van der Waals surface area contributed by atoms with Crippen molar-refractivity contribution in [1.29, 1.82) is 0 Å². The lowest BCUT2D eigenvalue weighted by atomic mass is 9.95. The van der Waals surface area contributed by atoms with Crippen LogP contribution in [0.3, 0.4) is 0 Å². The van der Waals surface area contributed by atoms with Crippen LogP contribution in [-0.4, -0.2) is 60.0 Å². The van der Waals surface area contributed by atoms with Crippen molar-refractivity contribution in [3.05, 3.63) is 43.2 Å². The minimum absolute atomic E-state index is 0.176. The van der Waals surface area contributed by atoms with Crippen LogP contribution >= 0.6 is 38.6 Å². The number of piperidine rings is 1. The lowest BCUT2D eigenvalue weighted by Crippen LogP contribution is -2.60. The fourth-order valence-corrected chi connectivity index (χ4v) is 7.22. The molecular weight excluding hydrogens is 450 g/mol. The second kappa shape index (κ2) is 6.11. The maximum atomic E-state index is 13.2. The molecule has 0 aliphatic carbocycles. The molecule has 5 rings (SSSR count). The molecule has 1 N–H and O–H groups in total. The summed E-state index contributed by atoms with van der Waals surface area (Å²) in [5.41, 5.74) is -1.76. The van der Waals surface area contributed by atoms with Gasteiger partial charge in [0.2, 0.25) is 5.60 Å². The number of esters is 1. The Morgan fingerprint density at radius 1 is 1.26 bits per heavy atom. The van der Waals surface area contributed by atoms with Crippen LogP contribution in [0.5, 0.6) is 0 Å². The third-order valence-electron chi connectivity index (χ3n) is 6.41. The van der Waals surface area contributed by atoms with Crippen LogP contribution < -0.4 is 0 Å². The van der Waals surface area contributed by atoms with Crippen LogP contribution in [0.15, 0.2) is 33.4 Å². The van der Waals surface area contributed by atoms with Crippen LogP contribution in [0, 0.1) is 0 Å². The molecule has 5 heterocycles. The predicted octanol–water partition coefficient (Wildman–Crippen LogP) is 3.11. The number of thiophene rings is 2. The van der Waals surface area contributed by atoms with E-state index in [1.165, 1.54) is 22.7 Å². The maximum absolute atomic E-state index is 13.2. The largest absolute Gasteiger partial charge is 0.459 e. The summed E-state index contributed by atoms with van der Waals surface area (Å²) in [5, 5.41) is 13.3. The Kier molecular flexibility index (Phi) is 4.14. The molecule has 3 aliphatic heterocycles. The Labute approximate surface area is 174 Å². The molecule has 3 aliphatic rings. The molecule has 0 saturated carbocycles. The van der Waals surface area contributed by atoms with Crippen molar-refractivity contribution in [1.82, 2.24) is 0 Å². The van der Waals surface area contributed by atoms with Crippen LogP contribution in [0.4, 0.5) is 0 Å². The Morgan fingerprint density at radius 3 is 2.52 bits per heavy atom. The minimum atomic E-state index is -1.76. The fraction of sp³-hybridized carbons (Fsp3) is 0.526. The van der Waals surface area contributed by atoms with E-state index in [-0.39, 0.29) is 6.10 Å². The number of aliphatic hydroxyl groups is 1. The molecular formula is C19H21BrNO4S2+. The monoisotopic (exact) mass is 470 g/mol. The number of morpholine rings is 1. The molecule has 2 aromatic heterocycles. The van der Waals surface area contributed by atoms with E-state index in [2.05, 4.69) is 30.0 Å². The van der Waals surface area contributed by atoms with E-state index in [0.29, 0.717) is 34.0 Å². The number of halogens is 1. The highest BCUT2D eigenvalue weighted by Gasteiger charge is 2.71. The van der Waals surface area contributed by atoms with E-state index in [0.717, 1.165) is 21.1 Å². The molecule has 2 bridgehead atoms. The van der Waals surface area contributed by atoms with E-state index in [4.69, 9.17) is 9.47 Å². The SMILES string of the molecule is C[N+]1(C)C2CC(OC(=O)C(O)(c3cccs3)c3ccc(Br)s3)CC1[C@@H]1O[C@H]21. The number of likely N-dealkylation sites (N-methyl/N-ethyl adjacent to an activating group) is 1. The first-order valence-corrected chi connectivity index (χ1v) is 11.5. The van der Waals surface area contributed by atoms with E-state index >= 15 is 0 Å². The van der Waals surface area contributed by atoms with Gasteiger partial charge in [-0.15, -0.1) is 22.7 Å². The van der Waals surface area contributed by atoms with Gasteiger partial charge in [-0.3, -0.25) is 0 Å². The molecule has 5 nitrogen and oxygen atoms in total. The maximum Gasteiger partial charge on any atom is 0.349 e. The van der Waals surface area contributed by atoms with Crippen molar-refractivity contribution >= 4 is 44.6 Å². The van der Waals surface area contributed by atoms with E-state index < -0.39 is 11.6 Å². The first-order chi connectivity index (χ1) is 12.8. The van der Waals surface area contributed by atoms with Crippen LogP contribution in [-0.2, 0) is 19.9 Å². The molecule has 6 atom stereocenters. The Balaban J connectivity index is 1.41. The van der Waals surface area contributed by atoms with Gasteiger partial charge in [0.15, 0.2) is 0 Å². The number of epoxide rings is 1. The highest BCUT2D eigenvalue weighted by Crippen LogP contribution is 2.52. The normalized spacial score (nSPS) is 35.3. The Morgan fingerprint density at radius 2 is 1.96 bits per heavy atom. The molecule has 8 heteroatoms. The summed E-state index contributed by atoms with van der Waals surface area (Å²) in [6.07, 6.45) is 2.00. The van der Waals surface area contributed by atoms with Crippen molar-refractivity contribution in [2.75, 3.05) is 14.1 Å². The van der Waals surface area contributed by atoms with Crippen LogP contribution in [0.25, 0.3) is 0 Å². The molecule has 3 saturated heterocycles. The van der Waals surface area contributed by atoms with Gasteiger partial charge in [0.05, 0.1) is 27.6 Å². The number of fused-ring (bicyclic) bond motifs is 5. The Bertz CT molecular complexity index is 862. The van der Waals surface area contributed by atoms with Gasteiger partial charge >= 0.3 is 5.97 Å². The quantitative estimate of drug-likeness (QED) is 0.423. The van der Waals surface area contributed by atoms with Crippen molar-refractivity contribution < 1.29 is 23.9 Å². The summed E-state index contributed by atoms with van der Waals surface area (Å²) < 4.78 is 13.5. The van der Waals surface area contributed by atoms with E-state index in [9.17, 15) is 9.90 Å². The molecule has 0 spiro atoms. The number of rotatable bonds is 4. The number of quaternary nitrogens is 1. The zero-order chi connectivity index (χ0) is 19.0. The third kappa shape index (κ3) is 2.68. The van der Waals surface area contributed by atoms with Gasteiger partial charge in [0, 0.05) is 12.8 Å². The zero-order valence-electron chi connectivity index (χ0n) is 15.0. The van der Waals surface area contributed by atoms with Gasteiger partial charge < -0.3 is 19.1 Å².